The molecule has 242 valence electrons. The summed E-state index contributed by atoms with van der Waals surface area (Å²) in [5.41, 5.74) is 14.7. The first-order valence-electron chi connectivity index (χ1n) is 17.4. The van der Waals surface area contributed by atoms with Crippen molar-refractivity contribution in [2.75, 3.05) is 0 Å². The van der Waals surface area contributed by atoms with Crippen LogP contribution in [-0.2, 0) is 5.41 Å². The van der Waals surface area contributed by atoms with E-state index < -0.39 is 5.41 Å². The molecule has 0 saturated heterocycles. The Morgan fingerprint density at radius 1 is 0.462 bits per heavy atom. The largest absolute Gasteiger partial charge is 0.228 e. The molecule has 1 atom stereocenters. The van der Waals surface area contributed by atoms with Crippen LogP contribution in [-0.4, -0.2) is 9.97 Å². The van der Waals surface area contributed by atoms with Gasteiger partial charge in [-0.2, -0.15) is 5.26 Å². The van der Waals surface area contributed by atoms with Crippen molar-refractivity contribution in [3.05, 3.63) is 204 Å². The molecule has 0 fully saturated rings. The quantitative estimate of drug-likeness (QED) is 0.186. The number of rotatable bonds is 4. The molecule has 0 N–H and O–H groups in total. The SMILES string of the molecule is N#Cc1cccc2c1Sc1ccccc1C21c2ccccc2-c2c(-c3ccc(-c4cc(-c5ccccc5)nc(-c5ccccc5)n4)cc3)cccc21. The van der Waals surface area contributed by atoms with Gasteiger partial charge < -0.3 is 0 Å². The average Bonchev–Trinajstić information content (AvgIpc) is 3.52. The molecule has 8 aromatic rings. The van der Waals surface area contributed by atoms with Crippen molar-refractivity contribution in [2.45, 2.75) is 15.2 Å². The Bertz CT molecular complexity index is 2660. The lowest BCUT2D eigenvalue weighted by molar-refractivity contribution is 0.721. The van der Waals surface area contributed by atoms with Crippen LogP contribution in [0.25, 0.3) is 56.2 Å². The van der Waals surface area contributed by atoms with Crippen LogP contribution in [0.5, 0.6) is 0 Å². The molecule has 1 spiro atoms. The molecule has 1 aliphatic carbocycles. The minimum Gasteiger partial charge on any atom is -0.228 e. The van der Waals surface area contributed by atoms with Crippen molar-refractivity contribution >= 4 is 11.8 Å². The fourth-order valence-electron chi connectivity index (χ4n) is 8.19. The second kappa shape index (κ2) is 12.1. The molecule has 1 aliphatic heterocycles. The molecule has 3 nitrogen and oxygen atoms in total. The standard InChI is InChI=1S/C48H29N3S/c49-30-35-17-11-23-41-46(35)52-44-24-10-9-21-39(44)48(41)38-20-8-7-18-37(38)45-36(19-12-22-40(45)48)31-25-27-33(28-26-31)43-29-42(32-13-3-1-4-14-32)50-47(51-43)34-15-5-2-6-16-34/h1-29H. The molecule has 2 heterocycles. The molecule has 0 saturated carbocycles. The van der Waals surface area contributed by atoms with Crippen molar-refractivity contribution in [1.82, 2.24) is 9.97 Å². The van der Waals surface area contributed by atoms with Crippen LogP contribution in [0.3, 0.4) is 0 Å². The predicted molar refractivity (Wildman–Crippen MR) is 210 cm³/mol. The summed E-state index contributed by atoms with van der Waals surface area (Å²) in [4.78, 5) is 12.3. The Labute approximate surface area is 307 Å². The van der Waals surface area contributed by atoms with Gasteiger partial charge in [-0.1, -0.05) is 169 Å². The smallest absolute Gasteiger partial charge is 0.160 e. The van der Waals surface area contributed by atoms with Crippen molar-refractivity contribution in [3.8, 4) is 62.2 Å². The maximum absolute atomic E-state index is 10.2. The molecule has 1 aromatic heterocycles. The second-order valence-electron chi connectivity index (χ2n) is 13.2. The first-order valence-corrected chi connectivity index (χ1v) is 18.2. The van der Waals surface area contributed by atoms with Gasteiger partial charge in [0, 0.05) is 26.5 Å². The third-order valence-electron chi connectivity index (χ3n) is 10.4. The highest BCUT2D eigenvalue weighted by Crippen LogP contribution is 2.63. The minimum atomic E-state index is -0.547. The summed E-state index contributed by atoms with van der Waals surface area (Å²) >= 11 is 1.71. The number of nitriles is 1. The zero-order valence-electron chi connectivity index (χ0n) is 28.0. The monoisotopic (exact) mass is 679 g/mol. The zero-order chi connectivity index (χ0) is 34.6. The Kier molecular flexibility index (Phi) is 7.02. The van der Waals surface area contributed by atoms with Crippen LogP contribution in [0, 0.1) is 11.3 Å². The number of benzene rings is 7. The summed E-state index contributed by atoms with van der Waals surface area (Å²) in [6.07, 6.45) is 0. The molecule has 1 unspecified atom stereocenters. The van der Waals surface area contributed by atoms with Crippen molar-refractivity contribution in [1.29, 1.82) is 5.26 Å². The van der Waals surface area contributed by atoms with Gasteiger partial charge >= 0.3 is 0 Å². The zero-order valence-corrected chi connectivity index (χ0v) is 28.8. The van der Waals surface area contributed by atoms with E-state index in [4.69, 9.17) is 9.97 Å². The summed E-state index contributed by atoms with van der Waals surface area (Å²) < 4.78 is 0. The second-order valence-corrected chi connectivity index (χ2v) is 14.2. The van der Waals surface area contributed by atoms with E-state index in [1.165, 1.54) is 43.8 Å². The van der Waals surface area contributed by atoms with Crippen LogP contribution in [0.1, 0.15) is 27.8 Å². The molecule has 0 bridgehead atoms. The minimum absolute atomic E-state index is 0.547. The fraction of sp³-hybridized carbons (Fsp3) is 0.0208. The lowest BCUT2D eigenvalue weighted by Crippen LogP contribution is -2.32. The Hall–Kier alpha value is -6.54. The summed E-state index contributed by atoms with van der Waals surface area (Å²) in [6, 6.07) is 64.3. The normalized spacial score (nSPS) is 14.9. The van der Waals surface area contributed by atoms with Gasteiger partial charge in [-0.25, -0.2) is 9.97 Å². The van der Waals surface area contributed by atoms with Crippen molar-refractivity contribution < 1.29 is 0 Å². The van der Waals surface area contributed by atoms with E-state index in [1.54, 1.807) is 11.8 Å². The van der Waals surface area contributed by atoms with Gasteiger partial charge in [0.2, 0.25) is 0 Å². The van der Waals surface area contributed by atoms with E-state index in [9.17, 15) is 5.26 Å². The van der Waals surface area contributed by atoms with E-state index in [0.717, 1.165) is 38.5 Å². The highest BCUT2D eigenvalue weighted by molar-refractivity contribution is 7.99. The average molecular weight is 680 g/mol. The topological polar surface area (TPSA) is 49.6 Å². The van der Waals surface area contributed by atoms with E-state index >= 15 is 0 Å². The molecular weight excluding hydrogens is 651 g/mol. The third-order valence-corrected chi connectivity index (χ3v) is 11.7. The molecule has 2 aliphatic rings. The maximum atomic E-state index is 10.2. The Morgan fingerprint density at radius 3 is 1.77 bits per heavy atom. The van der Waals surface area contributed by atoms with E-state index in [0.29, 0.717) is 11.4 Å². The molecular formula is C48H29N3S. The lowest BCUT2D eigenvalue weighted by atomic mass is 9.67. The molecule has 10 rings (SSSR count). The summed E-state index contributed by atoms with van der Waals surface area (Å²) in [6.45, 7) is 0. The van der Waals surface area contributed by atoms with Crippen molar-refractivity contribution in [3.63, 3.8) is 0 Å². The van der Waals surface area contributed by atoms with Crippen LogP contribution < -0.4 is 0 Å². The van der Waals surface area contributed by atoms with Crippen molar-refractivity contribution in [2.24, 2.45) is 0 Å². The number of hydrogen-bond donors (Lipinski definition) is 0. The van der Waals surface area contributed by atoms with E-state index in [1.807, 2.05) is 48.5 Å². The van der Waals surface area contributed by atoms with Crippen LogP contribution in [0.4, 0.5) is 0 Å². The molecule has 0 amide bonds. The van der Waals surface area contributed by atoms with E-state index in [-0.39, 0.29) is 0 Å². The highest BCUT2D eigenvalue weighted by Gasteiger charge is 2.51. The third kappa shape index (κ3) is 4.53. The first kappa shape index (κ1) is 30.3. The van der Waals surface area contributed by atoms with Crippen LogP contribution in [0.2, 0.25) is 0 Å². The van der Waals surface area contributed by atoms with Gasteiger partial charge in [0.1, 0.15) is 6.07 Å². The lowest BCUT2D eigenvalue weighted by Gasteiger charge is -2.40. The van der Waals surface area contributed by atoms with Gasteiger partial charge in [-0.05, 0) is 62.7 Å². The van der Waals surface area contributed by atoms with Gasteiger partial charge in [0.15, 0.2) is 5.82 Å². The summed E-state index contributed by atoms with van der Waals surface area (Å²) in [5, 5.41) is 10.2. The maximum Gasteiger partial charge on any atom is 0.160 e. The fourth-order valence-corrected chi connectivity index (χ4v) is 9.44. The molecule has 0 radical (unpaired) electrons. The highest BCUT2D eigenvalue weighted by atomic mass is 32.2. The molecule has 52 heavy (non-hydrogen) atoms. The van der Waals surface area contributed by atoms with Gasteiger partial charge in [0.25, 0.3) is 0 Å². The van der Waals surface area contributed by atoms with Gasteiger partial charge in [0.05, 0.1) is 22.4 Å². The molecule has 7 aromatic carbocycles. The number of nitrogens with zero attached hydrogens (tertiary/aromatic N) is 3. The number of fused-ring (bicyclic) bond motifs is 9. The summed E-state index contributed by atoms with van der Waals surface area (Å²) in [5.74, 6) is 0.703. The first-order chi connectivity index (χ1) is 25.7. The molecule has 4 heteroatoms. The predicted octanol–water partition coefficient (Wildman–Crippen LogP) is 11.8. The Morgan fingerprint density at radius 2 is 1.02 bits per heavy atom. The van der Waals surface area contributed by atoms with Gasteiger partial charge in [-0.3, -0.25) is 0 Å². The Balaban J connectivity index is 1.15. The van der Waals surface area contributed by atoms with Crippen LogP contribution >= 0.6 is 11.8 Å². The number of hydrogen-bond acceptors (Lipinski definition) is 4. The van der Waals surface area contributed by atoms with Gasteiger partial charge in [-0.15, -0.1) is 0 Å². The van der Waals surface area contributed by atoms with E-state index in [2.05, 4.69) is 133 Å². The summed E-state index contributed by atoms with van der Waals surface area (Å²) in [7, 11) is 0. The number of aromatic nitrogens is 2. The van der Waals surface area contributed by atoms with Crippen LogP contribution in [0.15, 0.2) is 186 Å².